The number of hydrogen-bond donors (Lipinski definition) is 3. The van der Waals surface area contributed by atoms with Crippen molar-refractivity contribution in [1.82, 2.24) is 0 Å². The van der Waals surface area contributed by atoms with Crippen LogP contribution >= 0.6 is 7.82 Å². The van der Waals surface area contributed by atoms with E-state index in [0.29, 0.717) is 13.0 Å². The van der Waals surface area contributed by atoms with Crippen molar-refractivity contribution in [2.45, 2.75) is 167 Å². The van der Waals surface area contributed by atoms with Gasteiger partial charge in [0, 0.05) is 13.0 Å². The summed E-state index contributed by atoms with van der Waals surface area (Å²) >= 11 is 0. The highest BCUT2D eigenvalue weighted by Gasteiger charge is 2.26. The van der Waals surface area contributed by atoms with Crippen LogP contribution in [0.2, 0.25) is 0 Å². The minimum atomic E-state index is -4.54. The predicted molar refractivity (Wildman–Crippen MR) is 251 cm³/mol. The summed E-state index contributed by atoms with van der Waals surface area (Å²) in [6, 6.07) is 0. The molecule has 0 aliphatic heterocycles. The van der Waals surface area contributed by atoms with Crippen LogP contribution in [-0.4, -0.2) is 66.3 Å². The van der Waals surface area contributed by atoms with E-state index in [4.69, 9.17) is 23.6 Å². The normalized spacial score (nSPS) is 14.9. The molecule has 0 heterocycles. The van der Waals surface area contributed by atoms with Crippen LogP contribution in [0.4, 0.5) is 0 Å². The Hall–Kier alpha value is -2.88. The fraction of sp³-hybridized carbons (Fsp3) is 0.620. The van der Waals surface area contributed by atoms with E-state index in [1.54, 1.807) is 0 Å². The van der Waals surface area contributed by atoms with Crippen LogP contribution in [-0.2, 0) is 27.9 Å². The lowest BCUT2D eigenvalue weighted by molar-refractivity contribution is -0.154. The highest BCUT2D eigenvalue weighted by molar-refractivity contribution is 7.47. The number of hydrogen-bond acceptors (Lipinski definition) is 8. The van der Waals surface area contributed by atoms with E-state index in [9.17, 15) is 19.4 Å². The topological polar surface area (TPSA) is 132 Å². The SMILES string of the molecule is CC/C=C\C/C=C\C/C=C\C/C=C\C/C=C\C/C=C\CCCCCCCOCC(COP(=O)(O)OCC(O)CO)OC(=O)CCCCCCC/C=C\C/C=C\C/C=C\CC. The van der Waals surface area contributed by atoms with Crippen molar-refractivity contribution in [3.05, 3.63) is 109 Å². The van der Waals surface area contributed by atoms with Gasteiger partial charge in [-0.3, -0.25) is 13.8 Å². The number of phosphoric ester groups is 1. The van der Waals surface area contributed by atoms with E-state index in [-0.39, 0.29) is 13.0 Å². The lowest BCUT2D eigenvalue weighted by Crippen LogP contribution is -2.29. The fourth-order valence-corrected chi connectivity index (χ4v) is 6.34. The Bertz CT molecular complexity index is 1290. The number of aliphatic hydroxyl groups is 2. The van der Waals surface area contributed by atoms with Gasteiger partial charge in [-0.1, -0.05) is 162 Å². The largest absolute Gasteiger partial charge is 0.472 e. The summed E-state index contributed by atoms with van der Waals surface area (Å²) in [5.74, 6) is -0.412. The van der Waals surface area contributed by atoms with E-state index in [1.807, 2.05) is 0 Å². The van der Waals surface area contributed by atoms with Crippen LogP contribution < -0.4 is 0 Å². The molecule has 342 valence electrons. The maximum Gasteiger partial charge on any atom is 0.472 e. The Morgan fingerprint density at radius 3 is 1.35 bits per heavy atom. The van der Waals surface area contributed by atoms with E-state index < -0.39 is 45.8 Å². The Kier molecular flexibility index (Phi) is 43.5. The van der Waals surface area contributed by atoms with E-state index in [1.165, 1.54) is 0 Å². The molecular formula is C50H83O9P. The van der Waals surface area contributed by atoms with Gasteiger partial charge in [-0.25, -0.2) is 4.57 Å². The Morgan fingerprint density at radius 2 is 0.900 bits per heavy atom. The Balaban J connectivity index is 4.23. The maximum atomic E-state index is 12.6. The molecule has 0 aromatic rings. The molecule has 0 saturated carbocycles. The second kappa shape index (κ2) is 45.6. The molecule has 0 bridgehead atoms. The van der Waals surface area contributed by atoms with Crippen molar-refractivity contribution in [2.24, 2.45) is 0 Å². The van der Waals surface area contributed by atoms with Crippen molar-refractivity contribution in [3.8, 4) is 0 Å². The number of ether oxygens (including phenoxy) is 2. The average molecular weight is 859 g/mol. The molecule has 3 atom stereocenters. The number of allylic oxidation sites excluding steroid dienone is 18. The zero-order chi connectivity index (χ0) is 43.9. The summed E-state index contributed by atoms with van der Waals surface area (Å²) in [6.07, 6.45) is 59.1. The molecule has 3 unspecified atom stereocenters. The number of esters is 1. The Labute approximate surface area is 365 Å². The van der Waals surface area contributed by atoms with E-state index >= 15 is 0 Å². The second-order valence-corrected chi connectivity index (χ2v) is 16.1. The third kappa shape index (κ3) is 44.7. The minimum Gasteiger partial charge on any atom is -0.457 e. The third-order valence-electron chi connectivity index (χ3n) is 8.95. The summed E-state index contributed by atoms with van der Waals surface area (Å²) in [5, 5.41) is 18.4. The molecule has 0 radical (unpaired) electrons. The molecule has 60 heavy (non-hydrogen) atoms. The molecule has 10 heteroatoms. The second-order valence-electron chi connectivity index (χ2n) is 14.7. The molecule has 0 aromatic carbocycles. The number of carbonyl (C=O) groups excluding carboxylic acids is 1. The number of aliphatic hydroxyl groups excluding tert-OH is 2. The molecule has 0 aliphatic carbocycles. The Morgan fingerprint density at radius 1 is 0.517 bits per heavy atom. The summed E-state index contributed by atoms with van der Waals surface area (Å²) in [4.78, 5) is 22.6. The molecule has 0 rings (SSSR count). The number of carbonyl (C=O) groups is 1. The van der Waals surface area contributed by atoms with E-state index in [0.717, 1.165) is 128 Å². The molecule has 0 amide bonds. The maximum absolute atomic E-state index is 12.6. The van der Waals surface area contributed by atoms with Crippen LogP contribution in [0.3, 0.4) is 0 Å². The number of rotatable bonds is 42. The summed E-state index contributed by atoms with van der Waals surface area (Å²) in [5.41, 5.74) is 0. The van der Waals surface area contributed by atoms with Crippen molar-refractivity contribution in [2.75, 3.05) is 33.0 Å². The van der Waals surface area contributed by atoms with Gasteiger partial charge in [-0.2, -0.15) is 0 Å². The highest BCUT2D eigenvalue weighted by atomic mass is 31.2. The van der Waals surface area contributed by atoms with Crippen LogP contribution in [0, 0.1) is 0 Å². The van der Waals surface area contributed by atoms with Crippen molar-refractivity contribution in [3.63, 3.8) is 0 Å². The zero-order valence-electron chi connectivity index (χ0n) is 37.4. The number of phosphoric acid groups is 1. The monoisotopic (exact) mass is 859 g/mol. The summed E-state index contributed by atoms with van der Waals surface area (Å²) in [7, 11) is -4.54. The molecule has 3 N–H and O–H groups in total. The van der Waals surface area contributed by atoms with Crippen molar-refractivity contribution in [1.29, 1.82) is 0 Å². The van der Waals surface area contributed by atoms with E-state index in [2.05, 4.69) is 123 Å². The van der Waals surface area contributed by atoms with Crippen molar-refractivity contribution < 1.29 is 43.0 Å². The highest BCUT2D eigenvalue weighted by Crippen LogP contribution is 2.43. The predicted octanol–water partition coefficient (Wildman–Crippen LogP) is 13.0. The van der Waals surface area contributed by atoms with Gasteiger partial charge in [0.2, 0.25) is 0 Å². The molecule has 9 nitrogen and oxygen atoms in total. The van der Waals surface area contributed by atoms with Gasteiger partial charge in [0.15, 0.2) is 0 Å². The molecular weight excluding hydrogens is 776 g/mol. The van der Waals surface area contributed by atoms with Crippen LogP contribution in [0.1, 0.15) is 155 Å². The first kappa shape index (κ1) is 57.1. The van der Waals surface area contributed by atoms with Gasteiger partial charge in [-0.05, 0) is 96.3 Å². The molecule has 0 fully saturated rings. The molecule has 0 aromatic heterocycles. The average Bonchev–Trinajstić information content (AvgIpc) is 3.24. The lowest BCUT2D eigenvalue weighted by Gasteiger charge is -2.20. The van der Waals surface area contributed by atoms with Gasteiger partial charge in [0.1, 0.15) is 12.2 Å². The number of unbranched alkanes of at least 4 members (excludes halogenated alkanes) is 10. The van der Waals surface area contributed by atoms with Crippen LogP contribution in [0.15, 0.2) is 109 Å². The van der Waals surface area contributed by atoms with Crippen LogP contribution in [0.5, 0.6) is 0 Å². The zero-order valence-corrected chi connectivity index (χ0v) is 38.3. The standard InChI is InChI=1S/C50H83O9P/c1-3-5-7-9-11-13-15-17-19-20-21-22-23-24-25-26-27-29-31-33-35-37-39-41-43-56-46-49(47-58-60(54,55)57-45-48(52)44-51)59-50(53)42-40-38-36-34-32-30-28-18-16-14-12-10-8-6-4-2/h5-8,11-14,17-19,21-22,24-25,27-29,48-49,51-52H,3-4,9-10,15-16,20,23,26,30-47H2,1-2H3,(H,54,55)/b7-5-,8-6-,13-11-,14-12-,19-17-,22-21-,25-24-,28-18-,29-27-. The third-order valence-corrected chi connectivity index (χ3v) is 9.90. The van der Waals surface area contributed by atoms with Gasteiger partial charge in [0.05, 0.1) is 26.4 Å². The van der Waals surface area contributed by atoms with Gasteiger partial charge < -0.3 is 24.6 Å². The fourth-order valence-electron chi connectivity index (χ4n) is 5.55. The summed E-state index contributed by atoms with van der Waals surface area (Å²) in [6.45, 7) is 3.19. The smallest absolute Gasteiger partial charge is 0.457 e. The molecule has 0 spiro atoms. The van der Waals surface area contributed by atoms with Gasteiger partial charge in [0.25, 0.3) is 0 Å². The first-order valence-electron chi connectivity index (χ1n) is 22.9. The lowest BCUT2D eigenvalue weighted by atomic mass is 10.1. The summed E-state index contributed by atoms with van der Waals surface area (Å²) < 4.78 is 33.4. The van der Waals surface area contributed by atoms with Crippen molar-refractivity contribution >= 4 is 13.8 Å². The van der Waals surface area contributed by atoms with Gasteiger partial charge in [-0.15, -0.1) is 0 Å². The molecule has 0 saturated heterocycles. The quantitative estimate of drug-likeness (QED) is 0.0238. The van der Waals surface area contributed by atoms with Crippen LogP contribution in [0.25, 0.3) is 0 Å². The molecule has 0 aliphatic rings. The van der Waals surface area contributed by atoms with Gasteiger partial charge >= 0.3 is 13.8 Å². The minimum absolute atomic E-state index is 0.0207. The first-order chi connectivity index (χ1) is 29.3. The first-order valence-corrected chi connectivity index (χ1v) is 24.4.